The van der Waals surface area contributed by atoms with Crippen LogP contribution < -0.4 is 5.11 Å². The van der Waals surface area contributed by atoms with Crippen LogP contribution >= 0.6 is 0 Å². The molecule has 0 amide bonds. The van der Waals surface area contributed by atoms with Crippen molar-refractivity contribution in [1.82, 2.24) is 0 Å². The smallest absolute Gasteiger partial charge is 0.426 e. The van der Waals surface area contributed by atoms with Crippen LogP contribution in [0.3, 0.4) is 0 Å². The molecular formula is C5H3F6O3-. The van der Waals surface area contributed by atoms with E-state index in [0.29, 0.717) is 0 Å². The van der Waals surface area contributed by atoms with Crippen LogP contribution in [0.5, 0.6) is 0 Å². The van der Waals surface area contributed by atoms with Gasteiger partial charge in [0.2, 0.25) is 0 Å². The van der Waals surface area contributed by atoms with Crippen LogP contribution in [0.15, 0.2) is 0 Å². The maximum atomic E-state index is 11.7. The third kappa shape index (κ3) is 2.28. The molecule has 1 N–H and O–H groups in total. The van der Waals surface area contributed by atoms with Crippen LogP contribution in [0.4, 0.5) is 26.3 Å². The highest BCUT2D eigenvalue weighted by Crippen LogP contribution is 2.44. The van der Waals surface area contributed by atoms with E-state index in [-0.39, 0.29) is 0 Å². The molecule has 9 heteroatoms. The molecule has 0 radical (unpaired) electrons. The molecular weight excluding hydrogens is 222 g/mol. The first kappa shape index (κ1) is 13.0. The highest BCUT2D eigenvalue weighted by molar-refractivity contribution is 5.66. The molecule has 0 aliphatic rings. The minimum Gasteiger partial charge on any atom is -0.550 e. The Morgan fingerprint density at radius 2 is 1.36 bits per heavy atom. The summed E-state index contributed by atoms with van der Waals surface area (Å²) in [6.45, 7) is 0. The standard InChI is InChI=1S/C5H4F6O3/c6-4(7,8)3(14,1-2(12)13)5(9,10)11/h14H,1H2,(H,12,13)/p-1. The van der Waals surface area contributed by atoms with Gasteiger partial charge in [0.1, 0.15) is 0 Å². The molecule has 0 heterocycles. The Balaban J connectivity index is 5.18. The van der Waals surface area contributed by atoms with Gasteiger partial charge in [-0.25, -0.2) is 0 Å². The molecule has 0 unspecified atom stereocenters. The van der Waals surface area contributed by atoms with Crippen molar-refractivity contribution < 1.29 is 41.4 Å². The Morgan fingerprint density at radius 3 is 1.43 bits per heavy atom. The van der Waals surface area contributed by atoms with E-state index in [4.69, 9.17) is 5.11 Å². The van der Waals surface area contributed by atoms with Crippen LogP contribution in [0.2, 0.25) is 0 Å². The molecule has 0 saturated carbocycles. The normalized spacial score (nSPS) is 14.2. The molecule has 0 spiro atoms. The van der Waals surface area contributed by atoms with Crippen LogP contribution in [0.25, 0.3) is 0 Å². The van der Waals surface area contributed by atoms with Crippen molar-refractivity contribution in [1.29, 1.82) is 0 Å². The first-order chi connectivity index (χ1) is 5.92. The van der Waals surface area contributed by atoms with Gasteiger partial charge in [0.25, 0.3) is 5.60 Å². The number of carbonyl (C=O) groups is 1. The molecule has 0 aromatic carbocycles. The zero-order valence-corrected chi connectivity index (χ0v) is 6.24. The number of halogens is 6. The lowest BCUT2D eigenvalue weighted by Gasteiger charge is -2.32. The fourth-order valence-electron chi connectivity index (χ4n) is 0.570. The number of carboxylic acid groups (broad SMARTS) is 1. The summed E-state index contributed by atoms with van der Waals surface area (Å²) in [6, 6.07) is 0. The van der Waals surface area contributed by atoms with Gasteiger partial charge in [0.05, 0.1) is 0 Å². The van der Waals surface area contributed by atoms with Gasteiger partial charge in [-0.1, -0.05) is 0 Å². The minimum atomic E-state index is -6.12. The number of carboxylic acids is 1. The third-order valence-corrected chi connectivity index (χ3v) is 1.34. The summed E-state index contributed by atoms with van der Waals surface area (Å²) in [5.74, 6) is -2.65. The molecule has 84 valence electrons. The van der Waals surface area contributed by atoms with Crippen LogP contribution in [-0.2, 0) is 4.79 Å². The fourth-order valence-corrected chi connectivity index (χ4v) is 0.570. The summed E-state index contributed by atoms with van der Waals surface area (Å²) in [6.07, 6.45) is -14.8. The summed E-state index contributed by atoms with van der Waals surface area (Å²) in [5, 5.41) is 17.8. The fraction of sp³-hybridized carbons (Fsp3) is 0.800. The molecule has 0 aliphatic heterocycles. The zero-order chi connectivity index (χ0) is 11.8. The Kier molecular flexibility index (Phi) is 3.06. The minimum absolute atomic E-state index is 2.58. The lowest BCUT2D eigenvalue weighted by Crippen LogP contribution is -2.59. The van der Waals surface area contributed by atoms with Crippen molar-refractivity contribution in [2.24, 2.45) is 0 Å². The number of rotatable bonds is 2. The first-order valence-electron chi connectivity index (χ1n) is 2.97. The van der Waals surface area contributed by atoms with Gasteiger partial charge >= 0.3 is 12.4 Å². The molecule has 3 nitrogen and oxygen atoms in total. The van der Waals surface area contributed by atoms with Crippen molar-refractivity contribution >= 4 is 5.97 Å². The number of hydrogen-bond donors (Lipinski definition) is 1. The van der Waals surface area contributed by atoms with Crippen molar-refractivity contribution in [3.8, 4) is 0 Å². The van der Waals surface area contributed by atoms with Gasteiger partial charge in [0.15, 0.2) is 0 Å². The maximum absolute atomic E-state index is 11.7. The zero-order valence-electron chi connectivity index (χ0n) is 6.24. The Morgan fingerprint density at radius 1 is 1.07 bits per heavy atom. The lowest BCUT2D eigenvalue weighted by molar-refractivity contribution is -0.379. The van der Waals surface area contributed by atoms with Crippen LogP contribution in [0.1, 0.15) is 6.42 Å². The number of carbonyl (C=O) groups excluding carboxylic acids is 1. The van der Waals surface area contributed by atoms with Gasteiger partial charge in [-0.2, -0.15) is 26.3 Å². The van der Waals surface area contributed by atoms with Crippen LogP contribution in [-0.4, -0.2) is 29.0 Å². The number of aliphatic hydroxyl groups is 1. The summed E-state index contributed by atoms with van der Waals surface area (Å²) < 4.78 is 70.2. The predicted octanol–water partition coefficient (Wildman–Crippen LogP) is -0.0179. The average molecular weight is 225 g/mol. The monoisotopic (exact) mass is 225 g/mol. The largest absolute Gasteiger partial charge is 0.550 e. The van der Waals surface area contributed by atoms with E-state index in [1.165, 1.54) is 0 Å². The molecule has 0 saturated heterocycles. The van der Waals surface area contributed by atoms with Crippen molar-refractivity contribution in [3.05, 3.63) is 0 Å². The first-order valence-corrected chi connectivity index (χ1v) is 2.97. The molecule has 0 aliphatic carbocycles. The highest BCUT2D eigenvalue weighted by atomic mass is 19.4. The summed E-state index contributed by atoms with van der Waals surface area (Å²) >= 11 is 0. The maximum Gasteiger partial charge on any atom is 0.426 e. The average Bonchev–Trinajstić information content (AvgIpc) is 1.79. The Bertz CT molecular complexity index is 215. The number of aliphatic carboxylic acids is 1. The lowest BCUT2D eigenvalue weighted by atomic mass is 9.98. The van der Waals surface area contributed by atoms with E-state index in [1.807, 2.05) is 0 Å². The Hall–Kier alpha value is -0.990. The molecule has 0 rings (SSSR count). The number of alkyl halides is 6. The van der Waals surface area contributed by atoms with Gasteiger partial charge < -0.3 is 15.0 Å². The molecule has 0 bridgehead atoms. The SMILES string of the molecule is O=C([O-])CC(O)(C(F)(F)F)C(F)(F)F. The molecule has 0 atom stereocenters. The molecule has 0 fully saturated rings. The van der Waals surface area contributed by atoms with Gasteiger partial charge in [-0.15, -0.1) is 0 Å². The molecule has 14 heavy (non-hydrogen) atoms. The van der Waals surface area contributed by atoms with E-state index >= 15 is 0 Å². The second-order valence-electron chi connectivity index (χ2n) is 2.40. The highest BCUT2D eigenvalue weighted by Gasteiger charge is 2.70. The predicted molar refractivity (Wildman–Crippen MR) is 26.7 cm³/mol. The van der Waals surface area contributed by atoms with E-state index in [1.54, 1.807) is 0 Å². The molecule has 0 aromatic rings. The van der Waals surface area contributed by atoms with Crippen molar-refractivity contribution in [2.45, 2.75) is 24.4 Å². The van der Waals surface area contributed by atoms with Crippen molar-refractivity contribution in [3.63, 3.8) is 0 Å². The number of hydrogen-bond acceptors (Lipinski definition) is 3. The van der Waals surface area contributed by atoms with E-state index in [9.17, 15) is 36.2 Å². The van der Waals surface area contributed by atoms with Crippen LogP contribution in [0, 0.1) is 0 Å². The topological polar surface area (TPSA) is 60.4 Å². The van der Waals surface area contributed by atoms with Gasteiger partial charge in [-0.3, -0.25) is 0 Å². The second kappa shape index (κ2) is 3.30. The molecule has 0 aromatic heterocycles. The second-order valence-corrected chi connectivity index (χ2v) is 2.40. The van der Waals surface area contributed by atoms with E-state index in [0.717, 1.165) is 0 Å². The summed E-state index contributed by atoms with van der Waals surface area (Å²) in [4.78, 5) is 9.64. The Labute approximate surface area is 72.9 Å². The third-order valence-electron chi connectivity index (χ3n) is 1.34. The van der Waals surface area contributed by atoms with Gasteiger partial charge in [0, 0.05) is 12.4 Å². The summed E-state index contributed by atoms with van der Waals surface area (Å²) in [5.41, 5.74) is -5.27. The van der Waals surface area contributed by atoms with Crippen molar-refractivity contribution in [2.75, 3.05) is 0 Å². The van der Waals surface area contributed by atoms with E-state index in [2.05, 4.69) is 0 Å². The summed E-state index contributed by atoms with van der Waals surface area (Å²) in [7, 11) is 0. The van der Waals surface area contributed by atoms with Gasteiger partial charge in [-0.05, 0) is 0 Å². The van der Waals surface area contributed by atoms with E-state index < -0.39 is 30.3 Å². The quantitative estimate of drug-likeness (QED) is 0.672.